The largest absolute Gasteiger partial charge is 0.497 e. The molecule has 0 bridgehead atoms. The van der Waals surface area contributed by atoms with Crippen molar-refractivity contribution < 1.29 is 24.2 Å². The number of rotatable bonds is 9. The zero-order valence-electron chi connectivity index (χ0n) is 18.8. The predicted octanol–water partition coefficient (Wildman–Crippen LogP) is 3.58. The first-order valence-corrected chi connectivity index (χ1v) is 12.0. The third-order valence-corrected chi connectivity index (χ3v) is 6.96. The van der Waals surface area contributed by atoms with Crippen molar-refractivity contribution in [2.45, 2.75) is 18.9 Å². The molecular weight excluding hydrogens is 486 g/mol. The summed E-state index contributed by atoms with van der Waals surface area (Å²) in [5.74, 6) is -1.16. The van der Waals surface area contributed by atoms with Crippen molar-refractivity contribution in [2.24, 2.45) is 0 Å². The van der Waals surface area contributed by atoms with Crippen molar-refractivity contribution >= 4 is 63.1 Å². The van der Waals surface area contributed by atoms with Crippen LogP contribution in [0.4, 0.5) is 0 Å². The summed E-state index contributed by atoms with van der Waals surface area (Å²) in [7, 11) is 1.58. The van der Waals surface area contributed by atoms with E-state index in [-0.39, 0.29) is 25.3 Å². The summed E-state index contributed by atoms with van der Waals surface area (Å²) in [5, 5.41) is 13.1. The molecule has 3 N–H and O–H groups in total. The average molecular weight is 510 g/mol. The number of hydrogen-bond donors (Lipinski definition) is 3. The summed E-state index contributed by atoms with van der Waals surface area (Å²) >= 11 is 6.50. The quantitative estimate of drug-likeness (QED) is 0.299. The number of aliphatic carboxylic acids is 1. The van der Waals surface area contributed by atoms with E-state index < -0.39 is 17.9 Å². The van der Waals surface area contributed by atoms with E-state index in [1.165, 1.54) is 16.7 Å². The van der Waals surface area contributed by atoms with Crippen LogP contribution in [0.2, 0.25) is 0 Å². The van der Waals surface area contributed by atoms with Crippen LogP contribution < -0.4 is 10.1 Å². The smallest absolute Gasteiger partial charge is 0.326 e. The van der Waals surface area contributed by atoms with Crippen LogP contribution in [0.1, 0.15) is 17.5 Å². The SMILES string of the molecule is COc1ccc(/C=C2/SC(=S)N(CCC(=O)N[C@@H](Cc3c[nH]c4ccccc34)C(=O)O)C2=O)cc1. The van der Waals surface area contributed by atoms with Crippen molar-refractivity contribution in [3.63, 3.8) is 0 Å². The first-order chi connectivity index (χ1) is 16.9. The molecule has 0 radical (unpaired) electrons. The number of benzene rings is 2. The van der Waals surface area contributed by atoms with E-state index in [1.54, 1.807) is 31.5 Å². The fraction of sp³-hybridized carbons (Fsp3) is 0.200. The number of aromatic nitrogens is 1. The molecule has 8 nitrogen and oxygen atoms in total. The van der Waals surface area contributed by atoms with Crippen molar-refractivity contribution in [3.8, 4) is 5.75 Å². The van der Waals surface area contributed by atoms with Crippen LogP contribution in [-0.4, -0.2) is 56.8 Å². The van der Waals surface area contributed by atoms with Gasteiger partial charge < -0.3 is 20.1 Å². The van der Waals surface area contributed by atoms with E-state index in [1.807, 2.05) is 36.4 Å². The van der Waals surface area contributed by atoms with Crippen LogP contribution in [-0.2, 0) is 20.8 Å². The predicted molar refractivity (Wildman–Crippen MR) is 139 cm³/mol. The molecule has 0 spiro atoms. The number of amides is 2. The van der Waals surface area contributed by atoms with Crippen LogP contribution in [0.5, 0.6) is 5.75 Å². The van der Waals surface area contributed by atoms with Crippen LogP contribution in [0.3, 0.4) is 0 Å². The number of carboxylic acid groups (broad SMARTS) is 1. The Bertz CT molecular complexity index is 1320. The summed E-state index contributed by atoms with van der Waals surface area (Å²) in [6.45, 7) is 0.0654. The Hall–Kier alpha value is -3.63. The second-order valence-electron chi connectivity index (χ2n) is 7.88. The number of fused-ring (bicyclic) bond motifs is 1. The molecule has 10 heteroatoms. The number of aromatic amines is 1. The topological polar surface area (TPSA) is 112 Å². The lowest BCUT2D eigenvalue weighted by atomic mass is 10.0. The summed E-state index contributed by atoms with van der Waals surface area (Å²) in [5.41, 5.74) is 2.52. The number of nitrogens with zero attached hydrogens (tertiary/aromatic N) is 1. The molecule has 0 saturated carbocycles. The van der Waals surface area contributed by atoms with E-state index in [9.17, 15) is 19.5 Å². The van der Waals surface area contributed by atoms with Gasteiger partial charge in [-0.15, -0.1) is 0 Å². The number of hydrogen-bond acceptors (Lipinski definition) is 6. The van der Waals surface area contributed by atoms with Gasteiger partial charge >= 0.3 is 5.97 Å². The third kappa shape index (κ3) is 5.72. The van der Waals surface area contributed by atoms with Gasteiger partial charge in [-0.05, 0) is 35.4 Å². The Kier molecular flexibility index (Phi) is 7.52. The molecule has 1 fully saturated rings. The van der Waals surface area contributed by atoms with E-state index in [2.05, 4.69) is 10.3 Å². The molecule has 1 atom stereocenters. The molecule has 3 aromatic rings. The minimum absolute atomic E-state index is 0.0654. The molecule has 2 amide bonds. The van der Waals surface area contributed by atoms with Gasteiger partial charge in [0.05, 0.1) is 12.0 Å². The molecule has 1 aromatic heterocycles. The molecule has 0 unspecified atom stereocenters. The monoisotopic (exact) mass is 509 g/mol. The molecule has 1 aliphatic rings. The molecule has 4 rings (SSSR count). The molecule has 35 heavy (non-hydrogen) atoms. The molecule has 1 aliphatic heterocycles. The molecule has 1 saturated heterocycles. The lowest BCUT2D eigenvalue weighted by Gasteiger charge is -2.17. The summed E-state index contributed by atoms with van der Waals surface area (Å²) in [4.78, 5) is 42.1. The Morgan fingerprint density at radius 2 is 1.97 bits per heavy atom. The number of carboxylic acids is 1. The summed E-state index contributed by atoms with van der Waals surface area (Å²) in [6, 6.07) is 13.7. The van der Waals surface area contributed by atoms with Gasteiger partial charge in [0.15, 0.2) is 0 Å². The fourth-order valence-corrected chi connectivity index (χ4v) is 5.05. The van der Waals surface area contributed by atoms with Gasteiger partial charge in [-0.1, -0.05) is 54.3 Å². The average Bonchev–Trinajstić information content (AvgIpc) is 3.37. The number of methoxy groups -OCH3 is 1. The maximum Gasteiger partial charge on any atom is 0.326 e. The lowest BCUT2D eigenvalue weighted by molar-refractivity contribution is -0.141. The fourth-order valence-electron chi connectivity index (χ4n) is 3.74. The lowest BCUT2D eigenvalue weighted by Crippen LogP contribution is -2.43. The Morgan fingerprint density at radius 3 is 2.69 bits per heavy atom. The maximum atomic E-state index is 12.8. The second kappa shape index (κ2) is 10.7. The van der Waals surface area contributed by atoms with Crippen LogP contribution in [0.25, 0.3) is 17.0 Å². The maximum absolute atomic E-state index is 12.8. The van der Waals surface area contributed by atoms with Crippen molar-refractivity contribution in [1.82, 2.24) is 15.2 Å². The Labute approximate surface area is 211 Å². The van der Waals surface area contributed by atoms with Gasteiger partial charge in [0.1, 0.15) is 16.1 Å². The van der Waals surface area contributed by atoms with E-state index >= 15 is 0 Å². The van der Waals surface area contributed by atoms with Gasteiger partial charge in [0.2, 0.25) is 5.91 Å². The van der Waals surface area contributed by atoms with Gasteiger partial charge in [0, 0.05) is 36.5 Å². The van der Waals surface area contributed by atoms with Gasteiger partial charge in [-0.3, -0.25) is 14.5 Å². The number of carbonyl (C=O) groups is 3. The molecule has 2 aromatic carbocycles. The number of H-pyrrole nitrogens is 1. The van der Waals surface area contributed by atoms with E-state index in [0.717, 1.165) is 22.0 Å². The highest BCUT2D eigenvalue weighted by Gasteiger charge is 2.32. The summed E-state index contributed by atoms with van der Waals surface area (Å²) < 4.78 is 5.50. The minimum Gasteiger partial charge on any atom is -0.497 e. The molecule has 0 aliphatic carbocycles. The first kappa shape index (κ1) is 24.5. The van der Waals surface area contributed by atoms with Gasteiger partial charge in [-0.2, -0.15) is 0 Å². The number of nitrogens with one attached hydrogen (secondary N) is 2. The Morgan fingerprint density at radius 1 is 1.23 bits per heavy atom. The van der Waals surface area contributed by atoms with Crippen LogP contribution in [0, 0.1) is 0 Å². The Balaban J connectivity index is 1.36. The molecular formula is C25H23N3O5S2. The molecule has 2 heterocycles. The number of ether oxygens (including phenoxy) is 1. The van der Waals surface area contributed by atoms with Crippen molar-refractivity contribution in [3.05, 3.63) is 70.8 Å². The number of carbonyl (C=O) groups excluding carboxylic acids is 2. The highest BCUT2D eigenvalue weighted by atomic mass is 32.2. The zero-order valence-corrected chi connectivity index (χ0v) is 20.4. The second-order valence-corrected chi connectivity index (χ2v) is 9.55. The number of para-hydroxylation sites is 1. The highest BCUT2D eigenvalue weighted by Crippen LogP contribution is 2.32. The highest BCUT2D eigenvalue weighted by molar-refractivity contribution is 8.26. The van der Waals surface area contributed by atoms with E-state index in [0.29, 0.717) is 15.0 Å². The molecule has 180 valence electrons. The minimum atomic E-state index is -1.13. The van der Waals surface area contributed by atoms with Crippen molar-refractivity contribution in [2.75, 3.05) is 13.7 Å². The van der Waals surface area contributed by atoms with Gasteiger partial charge in [-0.25, -0.2) is 4.79 Å². The van der Waals surface area contributed by atoms with Crippen molar-refractivity contribution in [1.29, 1.82) is 0 Å². The van der Waals surface area contributed by atoms with E-state index in [4.69, 9.17) is 17.0 Å². The third-order valence-electron chi connectivity index (χ3n) is 5.58. The number of thioether (sulfide) groups is 1. The van der Waals surface area contributed by atoms with Crippen LogP contribution in [0.15, 0.2) is 59.6 Å². The normalized spacial score (nSPS) is 15.6. The van der Waals surface area contributed by atoms with Gasteiger partial charge in [0.25, 0.3) is 5.91 Å². The number of thiocarbonyl (C=S) groups is 1. The first-order valence-electron chi connectivity index (χ1n) is 10.8. The van der Waals surface area contributed by atoms with Crippen LogP contribution >= 0.6 is 24.0 Å². The zero-order chi connectivity index (χ0) is 24.9. The summed E-state index contributed by atoms with van der Waals surface area (Å²) in [6.07, 6.45) is 3.55. The standard InChI is InChI=1S/C25H23N3O5S2/c1-33-17-8-6-15(7-9-17)12-21-23(30)28(25(34)35-21)11-10-22(29)27-20(24(31)32)13-16-14-26-19-5-3-2-4-18(16)19/h2-9,12,14,20,26H,10-11,13H2,1H3,(H,27,29)(H,31,32)/b21-12+/t20-/m0/s1.